The number of rotatable bonds is 4. The number of carbonyl (C=O) groups excluding carboxylic acids is 2. The van der Waals surface area contributed by atoms with Crippen LogP contribution in [0.1, 0.15) is 23.1 Å². The van der Waals surface area contributed by atoms with E-state index in [0.717, 1.165) is 11.1 Å². The number of amides is 2. The molecule has 136 valence electrons. The highest BCUT2D eigenvalue weighted by Crippen LogP contribution is 2.30. The van der Waals surface area contributed by atoms with Gasteiger partial charge in [-0.15, -0.1) is 0 Å². The van der Waals surface area contributed by atoms with Gasteiger partial charge < -0.3 is 9.47 Å². The first-order valence-electron chi connectivity index (χ1n) is 8.56. The third-order valence-corrected chi connectivity index (χ3v) is 4.25. The highest BCUT2D eigenvalue weighted by Gasteiger charge is 2.27. The first-order chi connectivity index (χ1) is 12.5. The highest BCUT2D eigenvalue weighted by molar-refractivity contribution is 5.85. The normalized spacial score (nSPS) is 15.2. The molecule has 1 aliphatic rings. The minimum atomic E-state index is -0.801. The van der Waals surface area contributed by atoms with Gasteiger partial charge in [-0.1, -0.05) is 35.9 Å². The standard InChI is InChI=1S/C20H22N2O4/c1-13-7-8-15(14(2)11-13)9-10-19(23)21-22-20(24)18-12-25-16-5-3-4-6-17(16)26-18/h3-8,11,18H,9-10,12H2,1-2H3,(H,21,23)(H,22,24). The summed E-state index contributed by atoms with van der Waals surface area (Å²) in [7, 11) is 0. The van der Waals surface area contributed by atoms with Crippen molar-refractivity contribution in [2.45, 2.75) is 32.8 Å². The van der Waals surface area contributed by atoms with Gasteiger partial charge >= 0.3 is 0 Å². The van der Waals surface area contributed by atoms with E-state index in [-0.39, 0.29) is 18.9 Å². The molecule has 1 heterocycles. The zero-order chi connectivity index (χ0) is 18.5. The number of benzene rings is 2. The number of carbonyl (C=O) groups is 2. The number of fused-ring (bicyclic) bond motifs is 1. The molecule has 6 heteroatoms. The molecule has 1 atom stereocenters. The van der Waals surface area contributed by atoms with Crippen LogP contribution in [-0.4, -0.2) is 24.5 Å². The summed E-state index contributed by atoms with van der Waals surface area (Å²) in [6, 6.07) is 13.3. The summed E-state index contributed by atoms with van der Waals surface area (Å²) in [5.74, 6) is 0.420. The van der Waals surface area contributed by atoms with Crippen molar-refractivity contribution in [1.82, 2.24) is 10.9 Å². The second-order valence-corrected chi connectivity index (χ2v) is 6.33. The summed E-state index contributed by atoms with van der Waals surface area (Å²) in [6.07, 6.45) is 0.101. The van der Waals surface area contributed by atoms with Crippen molar-refractivity contribution in [3.8, 4) is 11.5 Å². The van der Waals surface area contributed by atoms with Gasteiger partial charge in [-0.25, -0.2) is 0 Å². The lowest BCUT2D eigenvalue weighted by molar-refractivity contribution is -0.135. The molecule has 2 aromatic rings. The highest BCUT2D eigenvalue weighted by atomic mass is 16.6. The Morgan fingerprint density at radius 2 is 1.85 bits per heavy atom. The van der Waals surface area contributed by atoms with Gasteiger partial charge in [-0.2, -0.15) is 0 Å². The Morgan fingerprint density at radius 1 is 1.08 bits per heavy atom. The number of hydrazine groups is 1. The summed E-state index contributed by atoms with van der Waals surface area (Å²) in [6.45, 7) is 4.16. The van der Waals surface area contributed by atoms with Crippen molar-refractivity contribution in [2.75, 3.05) is 6.61 Å². The van der Waals surface area contributed by atoms with Gasteiger partial charge in [0.2, 0.25) is 12.0 Å². The van der Waals surface area contributed by atoms with Crippen molar-refractivity contribution in [2.24, 2.45) is 0 Å². The molecule has 0 bridgehead atoms. The fourth-order valence-electron chi connectivity index (χ4n) is 2.80. The lowest BCUT2D eigenvalue weighted by atomic mass is 10.0. The average molecular weight is 354 g/mol. The van der Waals surface area contributed by atoms with E-state index in [0.29, 0.717) is 17.9 Å². The van der Waals surface area contributed by atoms with Crippen LogP contribution >= 0.6 is 0 Å². The number of ether oxygens (including phenoxy) is 2. The zero-order valence-electron chi connectivity index (χ0n) is 14.9. The maximum absolute atomic E-state index is 12.1. The van der Waals surface area contributed by atoms with Crippen LogP contribution in [0.4, 0.5) is 0 Å². The number of hydrogen-bond acceptors (Lipinski definition) is 4. The Hall–Kier alpha value is -3.02. The van der Waals surface area contributed by atoms with Crippen LogP contribution < -0.4 is 20.3 Å². The van der Waals surface area contributed by atoms with Crippen LogP contribution in [0.3, 0.4) is 0 Å². The molecule has 1 aliphatic heterocycles. The predicted molar refractivity (Wildman–Crippen MR) is 96.9 cm³/mol. The smallest absolute Gasteiger partial charge is 0.283 e. The second-order valence-electron chi connectivity index (χ2n) is 6.33. The molecule has 0 aliphatic carbocycles. The van der Waals surface area contributed by atoms with Crippen molar-refractivity contribution in [3.05, 3.63) is 59.2 Å². The molecule has 0 fully saturated rings. The SMILES string of the molecule is Cc1ccc(CCC(=O)NNC(=O)C2COc3ccccc3O2)c(C)c1. The van der Waals surface area contributed by atoms with Crippen LogP contribution in [-0.2, 0) is 16.0 Å². The maximum atomic E-state index is 12.1. The number of aryl methyl sites for hydroxylation is 3. The molecule has 1 unspecified atom stereocenters. The van der Waals surface area contributed by atoms with Crippen LogP contribution in [0.2, 0.25) is 0 Å². The molecule has 26 heavy (non-hydrogen) atoms. The fraction of sp³-hybridized carbons (Fsp3) is 0.300. The lowest BCUT2D eigenvalue weighted by Crippen LogP contribution is -2.50. The minimum Gasteiger partial charge on any atom is -0.485 e. The minimum absolute atomic E-state index is 0.0985. The van der Waals surface area contributed by atoms with Gasteiger partial charge in [0.15, 0.2) is 11.5 Å². The first-order valence-corrected chi connectivity index (χ1v) is 8.56. The topological polar surface area (TPSA) is 76.7 Å². The van der Waals surface area contributed by atoms with E-state index in [1.165, 1.54) is 5.56 Å². The predicted octanol–water partition coefficient (Wildman–Crippen LogP) is 2.22. The van der Waals surface area contributed by atoms with Gasteiger partial charge in [0, 0.05) is 6.42 Å². The molecule has 2 amide bonds. The van der Waals surface area contributed by atoms with Crippen molar-refractivity contribution in [3.63, 3.8) is 0 Å². The molecular weight excluding hydrogens is 332 g/mol. The van der Waals surface area contributed by atoms with E-state index in [9.17, 15) is 9.59 Å². The summed E-state index contributed by atoms with van der Waals surface area (Å²) < 4.78 is 11.1. The zero-order valence-corrected chi connectivity index (χ0v) is 14.9. The van der Waals surface area contributed by atoms with Crippen LogP contribution in [0.5, 0.6) is 11.5 Å². The third-order valence-electron chi connectivity index (χ3n) is 4.25. The number of hydrogen-bond donors (Lipinski definition) is 2. The van der Waals surface area contributed by atoms with Crippen LogP contribution in [0.15, 0.2) is 42.5 Å². The summed E-state index contributed by atoms with van der Waals surface area (Å²) in [4.78, 5) is 24.1. The Bertz CT molecular complexity index is 819. The largest absolute Gasteiger partial charge is 0.485 e. The van der Waals surface area contributed by atoms with Gasteiger partial charge in [0.05, 0.1) is 0 Å². The Morgan fingerprint density at radius 3 is 2.62 bits per heavy atom. The number of para-hydroxylation sites is 2. The molecule has 2 N–H and O–H groups in total. The van der Waals surface area contributed by atoms with Crippen molar-refractivity contribution in [1.29, 1.82) is 0 Å². The van der Waals surface area contributed by atoms with Crippen LogP contribution in [0, 0.1) is 13.8 Å². The molecule has 0 aromatic heterocycles. The molecule has 0 saturated heterocycles. The van der Waals surface area contributed by atoms with E-state index in [1.54, 1.807) is 18.2 Å². The van der Waals surface area contributed by atoms with E-state index in [2.05, 4.69) is 16.9 Å². The molecule has 2 aromatic carbocycles. The summed E-state index contributed by atoms with van der Waals surface area (Å²) in [5.41, 5.74) is 8.31. The Labute approximate surface area is 152 Å². The quantitative estimate of drug-likeness (QED) is 0.826. The summed E-state index contributed by atoms with van der Waals surface area (Å²) >= 11 is 0. The molecule has 6 nitrogen and oxygen atoms in total. The average Bonchev–Trinajstić information content (AvgIpc) is 2.65. The lowest BCUT2D eigenvalue weighted by Gasteiger charge is -2.25. The first kappa shape index (κ1) is 17.8. The molecular formula is C20H22N2O4. The Kier molecular flexibility index (Phi) is 5.41. The van der Waals surface area contributed by atoms with Crippen LogP contribution in [0.25, 0.3) is 0 Å². The van der Waals surface area contributed by atoms with Gasteiger partial charge in [-0.05, 0) is 43.5 Å². The van der Waals surface area contributed by atoms with Crippen molar-refractivity contribution >= 4 is 11.8 Å². The maximum Gasteiger partial charge on any atom is 0.283 e. The monoisotopic (exact) mass is 354 g/mol. The van der Waals surface area contributed by atoms with Gasteiger partial charge in [-0.3, -0.25) is 20.4 Å². The van der Waals surface area contributed by atoms with E-state index < -0.39 is 12.0 Å². The van der Waals surface area contributed by atoms with E-state index >= 15 is 0 Å². The molecule has 0 radical (unpaired) electrons. The fourth-order valence-corrected chi connectivity index (χ4v) is 2.80. The molecule has 0 saturated carbocycles. The van der Waals surface area contributed by atoms with Gasteiger partial charge in [0.25, 0.3) is 5.91 Å². The second kappa shape index (κ2) is 7.91. The molecule has 3 rings (SSSR count). The Balaban J connectivity index is 1.45. The number of nitrogens with one attached hydrogen (secondary N) is 2. The summed E-state index contributed by atoms with van der Waals surface area (Å²) in [5, 5.41) is 0. The molecule has 0 spiro atoms. The van der Waals surface area contributed by atoms with Crippen molar-refractivity contribution < 1.29 is 19.1 Å². The van der Waals surface area contributed by atoms with E-state index in [1.807, 2.05) is 32.0 Å². The van der Waals surface area contributed by atoms with Gasteiger partial charge in [0.1, 0.15) is 6.61 Å². The third kappa shape index (κ3) is 4.33. The van der Waals surface area contributed by atoms with E-state index in [4.69, 9.17) is 9.47 Å².